The van der Waals surface area contributed by atoms with E-state index in [9.17, 15) is 4.79 Å². The molecule has 3 aromatic rings. The van der Waals surface area contributed by atoms with Crippen molar-refractivity contribution in [3.63, 3.8) is 0 Å². The molecule has 1 aromatic heterocycles. The molecule has 2 aromatic carbocycles. The lowest BCUT2D eigenvalue weighted by molar-refractivity contribution is 0.0684. The fraction of sp³-hybridized carbons (Fsp3) is 0.0667. The van der Waals surface area contributed by atoms with Gasteiger partial charge in [0.1, 0.15) is 5.69 Å². The van der Waals surface area contributed by atoms with Crippen molar-refractivity contribution in [3.05, 3.63) is 66.0 Å². The molecule has 0 saturated heterocycles. The van der Waals surface area contributed by atoms with Crippen LogP contribution in [0.1, 0.15) is 16.1 Å². The minimum atomic E-state index is -0.960. The van der Waals surface area contributed by atoms with Gasteiger partial charge in [-0.2, -0.15) is 5.10 Å². The molecule has 0 bridgehead atoms. The third-order valence-electron chi connectivity index (χ3n) is 3.14. The highest BCUT2D eigenvalue weighted by molar-refractivity contribution is 5.87. The van der Waals surface area contributed by atoms with Gasteiger partial charge in [-0.25, -0.2) is 4.79 Å². The lowest BCUT2D eigenvalue weighted by Crippen LogP contribution is -2.11. The van der Waals surface area contributed by atoms with Crippen LogP contribution in [0.5, 0.6) is 0 Å². The molecule has 0 aliphatic carbocycles. The van der Waals surface area contributed by atoms with Crippen molar-refractivity contribution in [3.8, 4) is 0 Å². The van der Waals surface area contributed by atoms with Crippen molar-refractivity contribution in [2.75, 3.05) is 0 Å². The van der Waals surface area contributed by atoms with E-state index in [1.165, 1.54) is 16.9 Å². The number of carbonyl (C=O) groups is 1. The summed E-state index contributed by atoms with van der Waals surface area (Å²) in [6.45, 7) is 0.454. The summed E-state index contributed by atoms with van der Waals surface area (Å²) in [5.74, 6) is -0.960. The molecular formula is C15H12N2O2. The molecule has 3 rings (SSSR count). The summed E-state index contributed by atoms with van der Waals surface area (Å²) in [7, 11) is 0. The molecule has 0 amide bonds. The maximum Gasteiger partial charge on any atom is 0.354 e. The number of aromatic carboxylic acids is 1. The average molecular weight is 252 g/mol. The van der Waals surface area contributed by atoms with Crippen molar-refractivity contribution in [1.82, 2.24) is 9.78 Å². The van der Waals surface area contributed by atoms with Gasteiger partial charge in [0.05, 0.1) is 6.54 Å². The summed E-state index contributed by atoms with van der Waals surface area (Å²) >= 11 is 0. The summed E-state index contributed by atoms with van der Waals surface area (Å²) in [6, 6.07) is 15.6. The largest absolute Gasteiger partial charge is 0.477 e. The van der Waals surface area contributed by atoms with Crippen molar-refractivity contribution in [1.29, 1.82) is 0 Å². The molecule has 0 aliphatic heterocycles. The van der Waals surface area contributed by atoms with Gasteiger partial charge in [-0.3, -0.25) is 4.68 Å². The Morgan fingerprint density at radius 2 is 1.89 bits per heavy atom. The summed E-state index contributed by atoms with van der Waals surface area (Å²) < 4.78 is 1.50. The summed E-state index contributed by atoms with van der Waals surface area (Å²) in [5.41, 5.74) is 1.26. The molecule has 19 heavy (non-hydrogen) atoms. The quantitative estimate of drug-likeness (QED) is 0.779. The van der Waals surface area contributed by atoms with Crippen molar-refractivity contribution in [2.45, 2.75) is 6.54 Å². The highest BCUT2D eigenvalue weighted by Gasteiger charge is 2.11. The Morgan fingerprint density at radius 1 is 1.11 bits per heavy atom. The number of aromatic nitrogens is 2. The predicted molar refractivity (Wildman–Crippen MR) is 72.2 cm³/mol. The maximum absolute atomic E-state index is 11.1. The Balaban J connectivity index is 2.06. The molecule has 0 fully saturated rings. The van der Waals surface area contributed by atoms with Gasteiger partial charge in [-0.1, -0.05) is 42.5 Å². The number of carboxylic acid groups (broad SMARTS) is 1. The van der Waals surface area contributed by atoms with Gasteiger partial charge in [0.25, 0.3) is 0 Å². The first-order valence-electron chi connectivity index (χ1n) is 5.97. The average Bonchev–Trinajstić information content (AvgIpc) is 2.87. The number of nitrogens with zero attached hydrogens (tertiary/aromatic N) is 2. The number of rotatable bonds is 3. The van der Waals surface area contributed by atoms with Crippen LogP contribution in [0.4, 0.5) is 0 Å². The van der Waals surface area contributed by atoms with Gasteiger partial charge < -0.3 is 5.11 Å². The molecular weight excluding hydrogens is 240 g/mol. The van der Waals surface area contributed by atoms with Crippen LogP contribution >= 0.6 is 0 Å². The fourth-order valence-electron chi connectivity index (χ4n) is 2.23. The fourth-order valence-corrected chi connectivity index (χ4v) is 2.23. The molecule has 0 aliphatic rings. The van der Waals surface area contributed by atoms with Gasteiger partial charge in [0.2, 0.25) is 0 Å². The topological polar surface area (TPSA) is 55.1 Å². The van der Waals surface area contributed by atoms with E-state index in [1.54, 1.807) is 0 Å². The maximum atomic E-state index is 11.1. The monoisotopic (exact) mass is 252 g/mol. The highest BCUT2D eigenvalue weighted by atomic mass is 16.4. The normalized spacial score (nSPS) is 10.7. The van der Waals surface area contributed by atoms with E-state index in [4.69, 9.17) is 5.11 Å². The minimum Gasteiger partial charge on any atom is -0.477 e. The van der Waals surface area contributed by atoms with Crippen LogP contribution in [0, 0.1) is 0 Å². The van der Waals surface area contributed by atoms with Gasteiger partial charge in [-0.05, 0) is 22.4 Å². The Hall–Kier alpha value is -2.62. The molecule has 0 saturated carbocycles. The second kappa shape index (κ2) is 4.57. The molecule has 1 N–H and O–H groups in total. The Morgan fingerprint density at radius 3 is 2.74 bits per heavy atom. The highest BCUT2D eigenvalue weighted by Crippen LogP contribution is 2.19. The van der Waals surface area contributed by atoms with E-state index in [1.807, 2.05) is 42.5 Å². The molecule has 94 valence electrons. The van der Waals surface area contributed by atoms with Crippen LogP contribution in [0.3, 0.4) is 0 Å². The molecule has 0 radical (unpaired) electrons. The predicted octanol–water partition coefficient (Wildman–Crippen LogP) is 2.78. The van der Waals surface area contributed by atoms with Gasteiger partial charge in [0, 0.05) is 6.20 Å². The van der Waals surface area contributed by atoms with Crippen molar-refractivity contribution >= 4 is 16.7 Å². The van der Waals surface area contributed by atoms with Crippen LogP contribution in [-0.2, 0) is 6.54 Å². The van der Waals surface area contributed by atoms with E-state index in [0.717, 1.165) is 16.3 Å². The van der Waals surface area contributed by atoms with E-state index < -0.39 is 5.97 Å². The van der Waals surface area contributed by atoms with Crippen molar-refractivity contribution < 1.29 is 9.90 Å². The molecule has 1 heterocycles. The number of carboxylic acids is 1. The number of hydrogen-bond donors (Lipinski definition) is 1. The first kappa shape index (κ1) is 11.5. The smallest absolute Gasteiger partial charge is 0.354 e. The van der Waals surface area contributed by atoms with Gasteiger partial charge >= 0.3 is 5.97 Å². The van der Waals surface area contributed by atoms with Crippen LogP contribution in [0.15, 0.2) is 54.7 Å². The zero-order valence-corrected chi connectivity index (χ0v) is 10.2. The zero-order chi connectivity index (χ0) is 13.2. The standard InChI is InChI=1S/C15H12N2O2/c18-15(19)14-8-9-16-17(14)10-12-6-3-5-11-4-1-2-7-13(11)12/h1-9H,10H2,(H,18,19). The molecule has 0 spiro atoms. The molecule has 4 heteroatoms. The number of benzene rings is 2. The summed E-state index contributed by atoms with van der Waals surface area (Å²) in [5, 5.41) is 15.4. The lowest BCUT2D eigenvalue weighted by atomic mass is 10.0. The first-order chi connectivity index (χ1) is 9.25. The SMILES string of the molecule is O=C(O)c1ccnn1Cc1cccc2ccccc12. The summed E-state index contributed by atoms with van der Waals surface area (Å²) in [4.78, 5) is 11.1. The van der Waals surface area contributed by atoms with Gasteiger partial charge in [-0.15, -0.1) is 0 Å². The minimum absolute atomic E-state index is 0.202. The molecule has 0 unspecified atom stereocenters. The van der Waals surface area contributed by atoms with Crippen LogP contribution in [-0.4, -0.2) is 20.9 Å². The Bertz CT molecular complexity index is 741. The Kier molecular flexibility index (Phi) is 2.76. The van der Waals surface area contributed by atoms with Crippen molar-refractivity contribution in [2.24, 2.45) is 0 Å². The second-order valence-electron chi connectivity index (χ2n) is 4.32. The summed E-state index contributed by atoms with van der Waals surface area (Å²) in [6.07, 6.45) is 1.51. The van der Waals surface area contributed by atoms with E-state index in [-0.39, 0.29) is 5.69 Å². The number of hydrogen-bond acceptors (Lipinski definition) is 2. The third kappa shape index (κ3) is 2.08. The Labute approximate surface area is 109 Å². The van der Waals surface area contributed by atoms with E-state index >= 15 is 0 Å². The van der Waals surface area contributed by atoms with E-state index in [2.05, 4.69) is 5.10 Å². The van der Waals surface area contributed by atoms with Crippen LogP contribution in [0.25, 0.3) is 10.8 Å². The van der Waals surface area contributed by atoms with Crippen LogP contribution in [0.2, 0.25) is 0 Å². The first-order valence-corrected chi connectivity index (χ1v) is 5.97. The number of fused-ring (bicyclic) bond motifs is 1. The second-order valence-corrected chi connectivity index (χ2v) is 4.32. The van der Waals surface area contributed by atoms with Gasteiger partial charge in [0.15, 0.2) is 0 Å². The zero-order valence-electron chi connectivity index (χ0n) is 10.2. The van der Waals surface area contributed by atoms with E-state index in [0.29, 0.717) is 6.54 Å². The molecule has 4 nitrogen and oxygen atoms in total. The molecule has 0 atom stereocenters. The lowest BCUT2D eigenvalue weighted by Gasteiger charge is -2.08. The van der Waals surface area contributed by atoms with Crippen LogP contribution < -0.4 is 0 Å². The third-order valence-corrected chi connectivity index (χ3v) is 3.14.